The summed E-state index contributed by atoms with van der Waals surface area (Å²) in [6.07, 6.45) is -0.110. The highest BCUT2D eigenvalue weighted by Crippen LogP contribution is 2.32. The van der Waals surface area contributed by atoms with Crippen molar-refractivity contribution in [1.29, 1.82) is 0 Å². The van der Waals surface area contributed by atoms with Crippen LogP contribution in [0.1, 0.15) is 62.0 Å². The molecule has 2 aromatic heterocycles. The monoisotopic (exact) mass is 537 g/mol. The van der Waals surface area contributed by atoms with Gasteiger partial charge in [0.1, 0.15) is 35.5 Å². The zero-order valence-corrected chi connectivity index (χ0v) is 21.0. The van der Waals surface area contributed by atoms with Gasteiger partial charge < -0.3 is 25.2 Å². The number of halogens is 3. The maximum atomic E-state index is 13.4. The summed E-state index contributed by atoms with van der Waals surface area (Å²) in [6, 6.07) is -0.149. The maximum Gasteiger partial charge on any atom is 0.408 e. The van der Waals surface area contributed by atoms with Crippen molar-refractivity contribution in [2.45, 2.75) is 76.7 Å². The third kappa shape index (κ3) is 6.43. The molecule has 2 aromatic rings. The molecule has 10 nitrogen and oxygen atoms in total. The van der Waals surface area contributed by atoms with Crippen molar-refractivity contribution in [3.05, 3.63) is 35.9 Å². The van der Waals surface area contributed by atoms with Crippen LogP contribution in [0.25, 0.3) is 0 Å². The van der Waals surface area contributed by atoms with E-state index >= 15 is 0 Å². The number of hydrogen-bond donors (Lipinski definition) is 3. The van der Waals surface area contributed by atoms with Crippen LogP contribution in [0.3, 0.4) is 0 Å². The number of carbonyl (C=O) groups is 3. The van der Waals surface area contributed by atoms with Crippen molar-refractivity contribution < 1.29 is 36.8 Å². The molecule has 0 radical (unpaired) electrons. The van der Waals surface area contributed by atoms with E-state index in [4.69, 9.17) is 9.26 Å². The average Bonchev–Trinajstić information content (AvgIpc) is 3.50. The van der Waals surface area contributed by atoms with Crippen molar-refractivity contribution in [3.8, 4) is 5.75 Å². The Morgan fingerprint density at radius 1 is 1.26 bits per heavy atom. The van der Waals surface area contributed by atoms with Crippen LogP contribution in [0, 0.1) is 11.8 Å². The molecule has 1 saturated heterocycles. The number of hydrogen-bond acceptors (Lipinski definition) is 7. The first-order chi connectivity index (χ1) is 18.0. The Kier molecular flexibility index (Phi) is 8.22. The van der Waals surface area contributed by atoms with Gasteiger partial charge in [-0.3, -0.25) is 14.4 Å². The zero-order valence-electron chi connectivity index (χ0n) is 21.0. The summed E-state index contributed by atoms with van der Waals surface area (Å²) >= 11 is 0. The van der Waals surface area contributed by atoms with Crippen LogP contribution in [-0.2, 0) is 16.0 Å². The van der Waals surface area contributed by atoms with Crippen molar-refractivity contribution in [2.24, 2.45) is 11.8 Å². The zero-order chi connectivity index (χ0) is 27.4. The number of carbonyl (C=O) groups excluding carboxylic acids is 3. The molecule has 206 valence electrons. The minimum Gasteiger partial charge on any atom is -0.480 e. The van der Waals surface area contributed by atoms with Crippen molar-refractivity contribution in [1.82, 2.24) is 20.8 Å². The summed E-state index contributed by atoms with van der Waals surface area (Å²) in [5, 5.41) is 11.2. The van der Waals surface area contributed by atoms with E-state index in [0.29, 0.717) is 18.0 Å². The first-order valence-corrected chi connectivity index (χ1v) is 12.6. The van der Waals surface area contributed by atoms with Gasteiger partial charge in [-0.1, -0.05) is 31.8 Å². The van der Waals surface area contributed by atoms with E-state index in [2.05, 4.69) is 27.7 Å². The number of nitrogens with one attached hydrogen (secondary N) is 3. The summed E-state index contributed by atoms with van der Waals surface area (Å²) < 4.78 is 49.3. The van der Waals surface area contributed by atoms with E-state index in [1.807, 2.05) is 12.2 Å². The van der Waals surface area contributed by atoms with Crippen LogP contribution in [0.4, 0.5) is 19.0 Å². The van der Waals surface area contributed by atoms with Gasteiger partial charge in [0.15, 0.2) is 6.10 Å². The molecule has 3 heterocycles. The molecule has 4 rings (SSSR count). The van der Waals surface area contributed by atoms with Gasteiger partial charge in [0.05, 0.1) is 5.69 Å². The highest BCUT2D eigenvalue weighted by molar-refractivity contribution is 6.01. The molecule has 0 bridgehead atoms. The second-order valence-electron chi connectivity index (χ2n) is 9.81. The fourth-order valence-electron chi connectivity index (χ4n) is 4.82. The second kappa shape index (κ2) is 11.4. The first kappa shape index (κ1) is 27.4. The van der Waals surface area contributed by atoms with Crippen LogP contribution in [0.15, 0.2) is 29.1 Å². The third-order valence-electron chi connectivity index (χ3n) is 7.04. The number of rotatable bonds is 8. The molecule has 3 amide bonds. The van der Waals surface area contributed by atoms with Gasteiger partial charge >= 0.3 is 6.18 Å². The molecule has 1 aliphatic carbocycles. The van der Waals surface area contributed by atoms with Crippen molar-refractivity contribution in [2.75, 3.05) is 5.32 Å². The van der Waals surface area contributed by atoms with Gasteiger partial charge in [-0.15, -0.1) is 0 Å². The van der Waals surface area contributed by atoms with Gasteiger partial charge in [0.2, 0.25) is 5.91 Å². The van der Waals surface area contributed by atoms with Crippen LogP contribution in [0.2, 0.25) is 0 Å². The second-order valence-corrected chi connectivity index (χ2v) is 9.81. The molecule has 2 aliphatic rings. The Balaban J connectivity index is 1.46. The standard InChI is InChI=1S/C25H30F3N5O5/c1-3-17-16(12-37-33-17)22(34)32-21(14-6-4-13(2)5-7-14)24(36)31-20-10-15(8-9-29-20)38-18-11-19(25(26,27)28)30-23(18)35/h8-10,12-14,18-19,21H,3-7,11H2,1-2H3,(H,30,35)(H,32,34)(H,29,31,36)/t13?,14?,18-,19-,21-/m0/s1. The minimum absolute atomic E-state index is 0.0703. The minimum atomic E-state index is -4.58. The van der Waals surface area contributed by atoms with E-state index in [0.717, 1.165) is 25.7 Å². The molecule has 0 unspecified atom stereocenters. The predicted molar refractivity (Wildman–Crippen MR) is 128 cm³/mol. The lowest BCUT2D eigenvalue weighted by atomic mass is 9.79. The van der Waals surface area contributed by atoms with Crippen LogP contribution >= 0.6 is 0 Å². The quantitative estimate of drug-likeness (QED) is 0.470. The number of alkyl halides is 3. The molecular weight excluding hydrogens is 507 g/mol. The van der Waals surface area contributed by atoms with Gasteiger partial charge in [-0.2, -0.15) is 13.2 Å². The Morgan fingerprint density at radius 2 is 2.00 bits per heavy atom. The Morgan fingerprint density at radius 3 is 2.66 bits per heavy atom. The van der Waals surface area contributed by atoms with Crippen molar-refractivity contribution in [3.63, 3.8) is 0 Å². The Hall–Kier alpha value is -3.64. The van der Waals surface area contributed by atoms with E-state index in [1.165, 1.54) is 24.6 Å². The maximum absolute atomic E-state index is 13.4. The highest BCUT2D eigenvalue weighted by atomic mass is 19.4. The molecule has 3 atom stereocenters. The van der Waals surface area contributed by atoms with Gasteiger partial charge in [-0.25, -0.2) is 4.98 Å². The number of aromatic nitrogens is 2. The van der Waals surface area contributed by atoms with Gasteiger partial charge in [0.25, 0.3) is 11.8 Å². The average molecular weight is 538 g/mol. The van der Waals surface area contributed by atoms with Crippen LogP contribution in [0.5, 0.6) is 5.75 Å². The van der Waals surface area contributed by atoms with E-state index in [9.17, 15) is 27.6 Å². The largest absolute Gasteiger partial charge is 0.480 e. The van der Waals surface area contributed by atoms with Gasteiger partial charge in [0, 0.05) is 18.7 Å². The normalized spacial score (nSPS) is 24.4. The van der Waals surface area contributed by atoms with Crippen molar-refractivity contribution >= 4 is 23.5 Å². The fraction of sp³-hybridized carbons (Fsp3) is 0.560. The third-order valence-corrected chi connectivity index (χ3v) is 7.04. The number of anilines is 1. The molecule has 38 heavy (non-hydrogen) atoms. The van der Waals surface area contributed by atoms with E-state index < -0.39 is 48.5 Å². The highest BCUT2D eigenvalue weighted by Gasteiger charge is 2.48. The summed E-state index contributed by atoms with van der Waals surface area (Å²) in [4.78, 5) is 42.4. The molecule has 1 aliphatic heterocycles. The molecule has 13 heteroatoms. The first-order valence-electron chi connectivity index (χ1n) is 12.6. The number of nitrogens with zero attached hydrogens (tertiary/aromatic N) is 2. The van der Waals surface area contributed by atoms with Gasteiger partial charge in [-0.05, 0) is 37.2 Å². The lowest BCUT2D eigenvalue weighted by Gasteiger charge is -2.32. The topological polar surface area (TPSA) is 135 Å². The van der Waals surface area contributed by atoms with E-state index in [-0.39, 0.29) is 23.0 Å². The molecule has 0 spiro atoms. The smallest absolute Gasteiger partial charge is 0.408 e. The number of ether oxygens (including phenoxy) is 1. The van der Waals surface area contributed by atoms with Crippen LogP contribution in [-0.4, -0.2) is 52.2 Å². The molecule has 0 aromatic carbocycles. The van der Waals surface area contributed by atoms with Crippen LogP contribution < -0.4 is 20.7 Å². The molecule has 1 saturated carbocycles. The van der Waals surface area contributed by atoms with E-state index in [1.54, 1.807) is 0 Å². The summed E-state index contributed by atoms with van der Waals surface area (Å²) in [6.45, 7) is 3.98. The summed E-state index contributed by atoms with van der Waals surface area (Å²) in [5.74, 6) is -1.28. The Labute approximate surface area is 217 Å². The predicted octanol–water partition coefficient (Wildman–Crippen LogP) is 3.39. The summed E-state index contributed by atoms with van der Waals surface area (Å²) in [5.41, 5.74) is 0.740. The number of pyridine rings is 1. The lowest BCUT2D eigenvalue weighted by molar-refractivity contribution is -0.155. The molecule has 3 N–H and O–H groups in total. The molecular formula is C25H30F3N5O5. The fourth-order valence-corrected chi connectivity index (χ4v) is 4.82. The lowest BCUT2D eigenvalue weighted by Crippen LogP contribution is -2.49. The molecule has 2 fully saturated rings. The summed E-state index contributed by atoms with van der Waals surface area (Å²) in [7, 11) is 0. The number of aryl methyl sites for hydroxylation is 1. The Bertz CT molecular complexity index is 1160. The number of amides is 3. The SMILES string of the molecule is CCc1nocc1C(=O)N[C@H](C(=O)Nc1cc(O[C@H]2C[C@@H](C(F)(F)F)NC2=O)ccn1)C1CCC(C)CC1.